The SMILES string of the molecule is CCCCc1cc(=O)oc2cc(OCC(=O)N3C[C@@H]4C[C@@H](C3)c3cccc(=O)n3C4)c(Cl)cc12. The van der Waals surface area contributed by atoms with E-state index in [4.69, 9.17) is 20.8 Å². The first-order valence-corrected chi connectivity index (χ1v) is 12.2. The molecule has 1 amide bonds. The average molecular weight is 483 g/mol. The fraction of sp³-hybridized carbons (Fsp3) is 0.423. The Morgan fingerprint density at radius 2 is 2.03 bits per heavy atom. The molecule has 2 aromatic heterocycles. The van der Waals surface area contributed by atoms with Gasteiger partial charge in [0, 0.05) is 54.8 Å². The molecule has 7 nitrogen and oxygen atoms in total. The molecule has 34 heavy (non-hydrogen) atoms. The Morgan fingerprint density at radius 1 is 1.18 bits per heavy atom. The van der Waals surface area contributed by atoms with Crippen molar-refractivity contribution in [3.8, 4) is 5.75 Å². The molecule has 0 aliphatic carbocycles. The zero-order chi connectivity index (χ0) is 23.8. The van der Waals surface area contributed by atoms with Crippen LogP contribution in [0.25, 0.3) is 11.0 Å². The van der Waals surface area contributed by atoms with Gasteiger partial charge in [-0.05, 0) is 42.9 Å². The predicted molar refractivity (Wildman–Crippen MR) is 130 cm³/mol. The Balaban J connectivity index is 1.31. The van der Waals surface area contributed by atoms with Crippen LogP contribution in [0.1, 0.15) is 43.4 Å². The Bertz CT molecular complexity index is 1360. The summed E-state index contributed by atoms with van der Waals surface area (Å²) in [5, 5.41) is 1.16. The van der Waals surface area contributed by atoms with Gasteiger partial charge in [0.05, 0.1) is 5.02 Å². The second kappa shape index (κ2) is 9.29. The monoisotopic (exact) mass is 482 g/mol. The molecule has 2 bridgehead atoms. The molecular weight excluding hydrogens is 456 g/mol. The van der Waals surface area contributed by atoms with Crippen molar-refractivity contribution in [2.75, 3.05) is 19.7 Å². The molecule has 8 heteroatoms. The van der Waals surface area contributed by atoms with Crippen LogP contribution in [0.4, 0.5) is 0 Å². The van der Waals surface area contributed by atoms with Crippen molar-refractivity contribution in [2.24, 2.45) is 5.92 Å². The summed E-state index contributed by atoms with van der Waals surface area (Å²) < 4.78 is 13.0. The third kappa shape index (κ3) is 4.37. The number of aromatic nitrogens is 1. The quantitative estimate of drug-likeness (QED) is 0.496. The van der Waals surface area contributed by atoms with Crippen LogP contribution in [-0.4, -0.2) is 35.1 Å². The molecule has 0 N–H and O–H groups in total. The van der Waals surface area contributed by atoms with E-state index >= 15 is 0 Å². The number of benzene rings is 1. The first-order valence-electron chi connectivity index (χ1n) is 11.8. The summed E-state index contributed by atoms with van der Waals surface area (Å²) in [5.74, 6) is 0.573. The molecule has 0 spiro atoms. The number of piperidine rings is 1. The topological polar surface area (TPSA) is 81.8 Å². The van der Waals surface area contributed by atoms with Crippen LogP contribution in [0.15, 0.2) is 50.4 Å². The highest BCUT2D eigenvalue weighted by molar-refractivity contribution is 6.32. The lowest BCUT2D eigenvalue weighted by atomic mass is 9.83. The molecular formula is C26H27ClN2O5. The summed E-state index contributed by atoms with van der Waals surface area (Å²) in [6, 6.07) is 10.2. The number of halogens is 1. The minimum absolute atomic E-state index is 0.0192. The minimum Gasteiger partial charge on any atom is -0.482 e. The van der Waals surface area contributed by atoms with Gasteiger partial charge in [-0.2, -0.15) is 0 Å². The zero-order valence-electron chi connectivity index (χ0n) is 19.1. The fourth-order valence-corrected chi connectivity index (χ4v) is 5.46. The molecule has 1 fully saturated rings. The van der Waals surface area contributed by atoms with Gasteiger partial charge < -0.3 is 18.6 Å². The third-order valence-corrected chi connectivity index (χ3v) is 7.16. The number of amides is 1. The third-order valence-electron chi connectivity index (χ3n) is 6.87. The van der Waals surface area contributed by atoms with Gasteiger partial charge in [0.2, 0.25) is 0 Å². The van der Waals surface area contributed by atoms with Crippen molar-refractivity contribution in [1.82, 2.24) is 9.47 Å². The van der Waals surface area contributed by atoms with E-state index in [1.165, 1.54) is 6.07 Å². The maximum atomic E-state index is 13.0. The average Bonchev–Trinajstić information content (AvgIpc) is 2.82. The summed E-state index contributed by atoms with van der Waals surface area (Å²) in [6.07, 6.45) is 3.71. The Morgan fingerprint density at radius 3 is 2.85 bits per heavy atom. The largest absolute Gasteiger partial charge is 0.482 e. The predicted octanol–water partition coefficient (Wildman–Crippen LogP) is 3.98. The number of likely N-dealkylation sites (tertiary alicyclic amines) is 1. The highest BCUT2D eigenvalue weighted by atomic mass is 35.5. The minimum atomic E-state index is -0.415. The van der Waals surface area contributed by atoms with Gasteiger partial charge in [-0.15, -0.1) is 0 Å². The zero-order valence-corrected chi connectivity index (χ0v) is 19.8. The summed E-state index contributed by atoms with van der Waals surface area (Å²) in [6.45, 7) is 3.72. The number of ether oxygens (including phenoxy) is 1. The highest BCUT2D eigenvalue weighted by Crippen LogP contribution is 2.35. The van der Waals surface area contributed by atoms with Gasteiger partial charge in [-0.3, -0.25) is 9.59 Å². The molecule has 5 rings (SSSR count). The van der Waals surface area contributed by atoms with E-state index in [-0.39, 0.29) is 29.9 Å². The van der Waals surface area contributed by atoms with E-state index in [1.54, 1.807) is 24.3 Å². The van der Waals surface area contributed by atoms with Crippen LogP contribution in [-0.2, 0) is 17.8 Å². The molecule has 3 aromatic rings. The Hall–Kier alpha value is -3.06. The molecule has 4 heterocycles. The van der Waals surface area contributed by atoms with Crippen molar-refractivity contribution >= 4 is 28.5 Å². The Kier molecular flexibility index (Phi) is 6.21. The fourth-order valence-electron chi connectivity index (χ4n) is 5.24. The van der Waals surface area contributed by atoms with Gasteiger partial charge in [-0.1, -0.05) is 31.0 Å². The maximum absolute atomic E-state index is 13.0. The number of fused-ring (bicyclic) bond motifs is 5. The van der Waals surface area contributed by atoms with Gasteiger partial charge in [0.15, 0.2) is 6.61 Å². The van der Waals surface area contributed by atoms with E-state index in [1.807, 2.05) is 15.5 Å². The van der Waals surface area contributed by atoms with Crippen LogP contribution in [0.2, 0.25) is 5.02 Å². The van der Waals surface area contributed by atoms with E-state index in [2.05, 4.69) is 6.92 Å². The van der Waals surface area contributed by atoms with E-state index in [0.29, 0.717) is 36.0 Å². The summed E-state index contributed by atoms with van der Waals surface area (Å²) >= 11 is 6.47. The molecule has 2 atom stereocenters. The molecule has 2 aliphatic heterocycles. The summed E-state index contributed by atoms with van der Waals surface area (Å²) in [5.41, 5.74) is 1.90. The van der Waals surface area contributed by atoms with E-state index in [9.17, 15) is 14.4 Å². The van der Waals surface area contributed by atoms with Crippen molar-refractivity contribution in [1.29, 1.82) is 0 Å². The molecule has 0 saturated carbocycles. The van der Waals surface area contributed by atoms with Crippen LogP contribution in [0, 0.1) is 5.92 Å². The number of hydrogen-bond donors (Lipinski definition) is 0. The van der Waals surface area contributed by atoms with Gasteiger partial charge >= 0.3 is 5.63 Å². The standard InChI is InChI=1S/C26H27ClN2O5/c1-2-3-5-17-9-26(32)34-22-11-23(20(27)10-19(17)22)33-15-25(31)28-12-16-8-18(14-28)21-6-4-7-24(30)29(21)13-16/h4,6-7,9-11,16,18H,2-3,5,8,12-15H2,1H3/t16-,18-/m0/s1. The van der Waals surface area contributed by atoms with E-state index < -0.39 is 5.63 Å². The van der Waals surface area contributed by atoms with E-state index in [0.717, 1.165) is 42.3 Å². The molecule has 1 aromatic carbocycles. The normalized spacial score (nSPS) is 19.2. The lowest BCUT2D eigenvalue weighted by Crippen LogP contribution is -2.50. The van der Waals surface area contributed by atoms with Gasteiger partial charge in [0.1, 0.15) is 11.3 Å². The molecule has 1 saturated heterocycles. The highest BCUT2D eigenvalue weighted by Gasteiger charge is 2.36. The smallest absolute Gasteiger partial charge is 0.336 e. The summed E-state index contributed by atoms with van der Waals surface area (Å²) in [4.78, 5) is 39.0. The Labute approximate surface area is 201 Å². The van der Waals surface area contributed by atoms with Crippen molar-refractivity contribution in [3.63, 3.8) is 0 Å². The number of aryl methyl sites for hydroxylation is 1. The number of hydrogen-bond acceptors (Lipinski definition) is 5. The van der Waals surface area contributed by atoms with Crippen LogP contribution >= 0.6 is 11.6 Å². The number of carbonyl (C=O) groups excluding carboxylic acids is 1. The lowest BCUT2D eigenvalue weighted by molar-refractivity contribution is -0.136. The molecule has 2 aliphatic rings. The first-order chi connectivity index (χ1) is 16.4. The summed E-state index contributed by atoms with van der Waals surface area (Å²) in [7, 11) is 0. The number of nitrogens with zero attached hydrogens (tertiary/aromatic N) is 2. The van der Waals surface area contributed by atoms with Crippen molar-refractivity contribution in [3.05, 3.63) is 73.5 Å². The van der Waals surface area contributed by atoms with Crippen LogP contribution in [0.3, 0.4) is 0 Å². The van der Waals surface area contributed by atoms with Crippen molar-refractivity contribution < 1.29 is 13.9 Å². The number of carbonyl (C=O) groups is 1. The van der Waals surface area contributed by atoms with Gasteiger partial charge in [-0.25, -0.2) is 4.79 Å². The molecule has 0 radical (unpaired) electrons. The second-order valence-corrected chi connectivity index (χ2v) is 9.67. The molecule has 0 unspecified atom stereocenters. The van der Waals surface area contributed by atoms with Crippen molar-refractivity contribution in [2.45, 2.75) is 45.1 Å². The first kappa shape index (κ1) is 22.7. The van der Waals surface area contributed by atoms with Crippen LogP contribution in [0.5, 0.6) is 5.75 Å². The molecule has 178 valence electrons. The number of rotatable bonds is 6. The van der Waals surface area contributed by atoms with Crippen LogP contribution < -0.4 is 15.9 Å². The number of pyridine rings is 1. The maximum Gasteiger partial charge on any atom is 0.336 e. The lowest BCUT2D eigenvalue weighted by Gasteiger charge is -2.42. The van der Waals surface area contributed by atoms with Gasteiger partial charge in [0.25, 0.3) is 11.5 Å². The second-order valence-electron chi connectivity index (χ2n) is 9.26. The number of unbranched alkanes of at least 4 members (excludes halogenated alkanes) is 1.